The van der Waals surface area contributed by atoms with Gasteiger partial charge in [0.2, 0.25) is 5.91 Å². The number of thioether (sulfide) groups is 1. The molecular weight excluding hydrogens is 374 g/mol. The van der Waals surface area contributed by atoms with Crippen LogP contribution in [-0.4, -0.2) is 27.9 Å². The Hall–Kier alpha value is -1.92. The number of benzene rings is 2. The van der Waals surface area contributed by atoms with Crippen LogP contribution in [0.2, 0.25) is 0 Å². The Balaban J connectivity index is 1.72. The average Bonchev–Trinajstić information content (AvgIpc) is 2.91. The second-order valence-corrected chi connectivity index (χ2v) is 6.79. The highest BCUT2D eigenvalue weighted by molar-refractivity contribution is 9.10. The third-order valence-electron chi connectivity index (χ3n) is 3.26. The molecule has 0 spiro atoms. The summed E-state index contributed by atoms with van der Waals surface area (Å²) < 4.78 is 1.02. The summed E-state index contributed by atoms with van der Waals surface area (Å²) in [6, 6.07) is 17.7. The molecule has 0 aliphatic carbocycles. The summed E-state index contributed by atoms with van der Waals surface area (Å²) >= 11 is 4.81. The largest absolute Gasteiger partial charge is 0.285 e. The maximum Gasteiger partial charge on any atom is 0.239 e. The molecule has 2 aromatic carbocycles. The lowest BCUT2D eigenvalue weighted by molar-refractivity contribution is -0.124. The first-order valence-corrected chi connectivity index (χ1v) is 8.84. The van der Waals surface area contributed by atoms with Gasteiger partial charge in [-0.3, -0.25) is 9.69 Å². The Morgan fingerprint density at radius 1 is 1.13 bits per heavy atom. The summed E-state index contributed by atoms with van der Waals surface area (Å²) in [5.74, 6) is 0.482. The molecule has 0 atom stereocenters. The molecule has 0 saturated carbocycles. The molecule has 0 bridgehead atoms. The lowest BCUT2D eigenvalue weighted by atomic mass is 10.2. The van der Waals surface area contributed by atoms with Crippen molar-refractivity contribution < 1.29 is 4.79 Å². The summed E-state index contributed by atoms with van der Waals surface area (Å²) in [4.78, 5) is 13.7. The van der Waals surface area contributed by atoms with Crippen LogP contribution in [-0.2, 0) is 11.3 Å². The quantitative estimate of drug-likeness (QED) is 0.589. The molecule has 1 fully saturated rings. The zero-order chi connectivity index (χ0) is 16.1. The minimum Gasteiger partial charge on any atom is -0.285 e. The number of nitrogens with zero attached hydrogens (tertiary/aromatic N) is 3. The fourth-order valence-electron chi connectivity index (χ4n) is 2.09. The van der Waals surface area contributed by atoms with Crippen molar-refractivity contribution in [3.8, 4) is 0 Å². The van der Waals surface area contributed by atoms with Gasteiger partial charge in [-0.1, -0.05) is 70.2 Å². The van der Waals surface area contributed by atoms with Gasteiger partial charge in [0.25, 0.3) is 0 Å². The van der Waals surface area contributed by atoms with E-state index in [4.69, 9.17) is 0 Å². The van der Waals surface area contributed by atoms with Crippen molar-refractivity contribution in [1.29, 1.82) is 0 Å². The van der Waals surface area contributed by atoms with Gasteiger partial charge in [-0.15, -0.1) is 5.10 Å². The van der Waals surface area contributed by atoms with E-state index >= 15 is 0 Å². The third-order valence-corrected chi connectivity index (χ3v) is 4.74. The van der Waals surface area contributed by atoms with Crippen LogP contribution in [0.4, 0.5) is 0 Å². The summed E-state index contributed by atoms with van der Waals surface area (Å²) in [5.41, 5.74) is 2.04. The van der Waals surface area contributed by atoms with E-state index < -0.39 is 0 Å². The molecule has 116 valence electrons. The van der Waals surface area contributed by atoms with Gasteiger partial charge in [0.15, 0.2) is 5.17 Å². The number of hydrogen-bond donors (Lipinski definition) is 0. The number of rotatable bonds is 4. The molecule has 2 aromatic rings. The lowest BCUT2D eigenvalue weighted by Gasteiger charge is -2.14. The molecule has 4 nitrogen and oxygen atoms in total. The van der Waals surface area contributed by atoms with E-state index in [0.717, 1.165) is 15.6 Å². The van der Waals surface area contributed by atoms with E-state index in [1.54, 1.807) is 11.1 Å². The van der Waals surface area contributed by atoms with Crippen LogP contribution in [0.5, 0.6) is 0 Å². The minimum atomic E-state index is 0.0662. The van der Waals surface area contributed by atoms with E-state index in [-0.39, 0.29) is 5.91 Å². The smallest absolute Gasteiger partial charge is 0.239 e. The molecule has 0 N–H and O–H groups in total. The third kappa shape index (κ3) is 4.30. The number of carbonyl (C=O) groups excluding carboxylic acids is 1. The van der Waals surface area contributed by atoms with Gasteiger partial charge < -0.3 is 0 Å². The number of carbonyl (C=O) groups is 1. The van der Waals surface area contributed by atoms with Gasteiger partial charge >= 0.3 is 0 Å². The topological polar surface area (TPSA) is 45.0 Å². The first-order valence-electron chi connectivity index (χ1n) is 7.06. The van der Waals surface area contributed by atoms with Crippen molar-refractivity contribution >= 4 is 45.0 Å². The average molecular weight is 388 g/mol. The summed E-state index contributed by atoms with van der Waals surface area (Å²) in [7, 11) is 0. The van der Waals surface area contributed by atoms with Crippen molar-refractivity contribution in [1.82, 2.24) is 4.90 Å². The molecule has 1 aliphatic heterocycles. The van der Waals surface area contributed by atoms with E-state index in [9.17, 15) is 4.79 Å². The zero-order valence-electron chi connectivity index (χ0n) is 12.2. The van der Waals surface area contributed by atoms with E-state index in [0.29, 0.717) is 17.5 Å². The van der Waals surface area contributed by atoms with Gasteiger partial charge in [0, 0.05) is 4.47 Å². The first-order chi connectivity index (χ1) is 11.2. The Labute approximate surface area is 147 Å². The summed E-state index contributed by atoms with van der Waals surface area (Å²) in [6.07, 6.45) is 1.68. The maximum absolute atomic E-state index is 12.0. The van der Waals surface area contributed by atoms with Crippen LogP contribution in [0.3, 0.4) is 0 Å². The van der Waals surface area contributed by atoms with Crippen LogP contribution in [0.1, 0.15) is 11.1 Å². The SMILES string of the molecule is O=C1CS/C(=N\N=C\c2ccc(Br)cc2)N1Cc1ccccc1. The highest BCUT2D eigenvalue weighted by Gasteiger charge is 2.28. The highest BCUT2D eigenvalue weighted by atomic mass is 79.9. The maximum atomic E-state index is 12.0. The molecule has 0 unspecified atom stereocenters. The fourth-order valence-corrected chi connectivity index (χ4v) is 3.19. The predicted molar refractivity (Wildman–Crippen MR) is 98.6 cm³/mol. The monoisotopic (exact) mass is 387 g/mol. The molecule has 23 heavy (non-hydrogen) atoms. The minimum absolute atomic E-state index is 0.0662. The Morgan fingerprint density at radius 3 is 2.61 bits per heavy atom. The second kappa shape index (κ2) is 7.57. The van der Waals surface area contributed by atoms with Gasteiger partial charge in [0.05, 0.1) is 18.5 Å². The van der Waals surface area contributed by atoms with Crippen molar-refractivity contribution in [2.45, 2.75) is 6.54 Å². The molecule has 1 aliphatic rings. The molecule has 1 heterocycles. The van der Waals surface area contributed by atoms with Crippen LogP contribution in [0.25, 0.3) is 0 Å². The summed E-state index contributed by atoms with van der Waals surface area (Å²) in [5, 5.41) is 8.97. The van der Waals surface area contributed by atoms with Crippen LogP contribution in [0, 0.1) is 0 Å². The van der Waals surface area contributed by atoms with E-state index in [2.05, 4.69) is 26.1 Å². The van der Waals surface area contributed by atoms with Crippen LogP contribution in [0.15, 0.2) is 69.3 Å². The van der Waals surface area contributed by atoms with Crippen LogP contribution >= 0.6 is 27.7 Å². The predicted octanol–water partition coefficient (Wildman–Crippen LogP) is 3.91. The lowest BCUT2D eigenvalue weighted by Crippen LogP contribution is -2.28. The molecule has 3 rings (SSSR count). The van der Waals surface area contributed by atoms with Crippen molar-refractivity contribution in [2.24, 2.45) is 10.2 Å². The standard InChI is InChI=1S/C17H14BrN3OS/c18-15-8-6-13(7-9-15)10-19-20-17-21(16(22)12-23-17)11-14-4-2-1-3-5-14/h1-10H,11-12H2/b19-10+,20-17-. The Bertz CT molecular complexity index is 744. The number of amidine groups is 1. The van der Waals surface area contributed by atoms with Gasteiger partial charge in [-0.2, -0.15) is 5.10 Å². The Morgan fingerprint density at radius 2 is 1.87 bits per heavy atom. The molecule has 1 saturated heterocycles. The highest BCUT2D eigenvalue weighted by Crippen LogP contribution is 2.22. The number of halogens is 1. The summed E-state index contributed by atoms with van der Waals surface area (Å²) in [6.45, 7) is 0.527. The number of hydrogen-bond acceptors (Lipinski definition) is 4. The Kier molecular flexibility index (Phi) is 5.25. The molecule has 0 aromatic heterocycles. The molecule has 6 heteroatoms. The first kappa shape index (κ1) is 16.0. The zero-order valence-corrected chi connectivity index (χ0v) is 14.6. The fraction of sp³-hybridized carbons (Fsp3) is 0.118. The van der Waals surface area contributed by atoms with Crippen molar-refractivity contribution in [3.05, 3.63) is 70.2 Å². The molecule has 0 radical (unpaired) electrons. The molecule has 1 amide bonds. The van der Waals surface area contributed by atoms with Crippen molar-refractivity contribution in [2.75, 3.05) is 5.75 Å². The normalized spacial score (nSPS) is 16.7. The molecular formula is C17H14BrN3OS. The van der Waals surface area contributed by atoms with Gasteiger partial charge in [0.1, 0.15) is 0 Å². The number of amides is 1. The van der Waals surface area contributed by atoms with Gasteiger partial charge in [-0.25, -0.2) is 0 Å². The van der Waals surface area contributed by atoms with Gasteiger partial charge in [-0.05, 0) is 23.3 Å². The second-order valence-electron chi connectivity index (χ2n) is 4.93. The van der Waals surface area contributed by atoms with E-state index in [1.165, 1.54) is 11.8 Å². The van der Waals surface area contributed by atoms with Crippen molar-refractivity contribution in [3.63, 3.8) is 0 Å². The van der Waals surface area contributed by atoms with E-state index in [1.807, 2.05) is 54.6 Å². The van der Waals surface area contributed by atoms with Crippen LogP contribution < -0.4 is 0 Å².